The molecule has 0 saturated carbocycles. The fraction of sp³-hybridized carbons (Fsp3) is 0.0909. The van der Waals surface area contributed by atoms with Crippen molar-refractivity contribution in [1.82, 2.24) is 19.9 Å². The molecule has 0 atom stereocenters. The third-order valence-electron chi connectivity index (χ3n) is 4.64. The molecule has 0 unspecified atom stereocenters. The molecule has 5 aromatic rings. The van der Waals surface area contributed by atoms with Crippen LogP contribution in [0.3, 0.4) is 0 Å². The quantitative estimate of drug-likeness (QED) is 0.434. The molecule has 6 nitrogen and oxygen atoms in total. The van der Waals surface area contributed by atoms with Crippen LogP contribution in [0.25, 0.3) is 32.5 Å². The Kier molecular flexibility index (Phi) is 5.74. The second kappa shape index (κ2) is 8.61. The number of H-pyrrole nitrogens is 1. The lowest BCUT2D eigenvalue weighted by Crippen LogP contribution is -2.10. The number of hydrogen-bond acceptors (Lipinski definition) is 6. The lowest BCUT2D eigenvalue weighted by Gasteiger charge is -2.08. The second-order valence-electron chi connectivity index (χ2n) is 6.58. The van der Waals surface area contributed by atoms with Crippen molar-refractivity contribution in [3.05, 3.63) is 82.4 Å². The number of benzene rings is 1. The molecule has 1 N–H and O–H groups in total. The van der Waals surface area contributed by atoms with Gasteiger partial charge in [-0.25, -0.2) is 4.98 Å². The number of nitrogens with one attached hydrogen (secondary N) is 1. The van der Waals surface area contributed by atoms with Gasteiger partial charge in [0.05, 0.1) is 17.5 Å². The maximum Gasteiger partial charge on any atom is 0.259 e. The van der Waals surface area contributed by atoms with E-state index in [-0.39, 0.29) is 18.0 Å². The summed E-state index contributed by atoms with van der Waals surface area (Å²) in [6.45, 7) is 0.505. The standard InChI is InChI=1S/C22H16N4O2S.ClH/c27-22-17-10-16(28-8-5-14-2-1-7-23-12-14)3-4-18(17)25-21(26-22)19-11-20-15(13-24-19)6-9-29-20;/h1-4,6-7,9-13H,5,8H2,(H,25,26,27);1H. The van der Waals surface area contributed by atoms with Crippen molar-refractivity contribution in [3.8, 4) is 17.3 Å². The molecule has 0 spiro atoms. The van der Waals surface area contributed by atoms with Crippen molar-refractivity contribution in [1.29, 1.82) is 0 Å². The molecular weight excluding hydrogens is 420 g/mol. The molecule has 0 saturated heterocycles. The van der Waals surface area contributed by atoms with Crippen LogP contribution < -0.4 is 10.3 Å². The largest absolute Gasteiger partial charge is 0.493 e. The van der Waals surface area contributed by atoms with E-state index in [4.69, 9.17) is 4.74 Å². The van der Waals surface area contributed by atoms with Crippen LogP contribution in [0.4, 0.5) is 0 Å². The Morgan fingerprint density at radius 3 is 2.90 bits per heavy atom. The fourth-order valence-corrected chi connectivity index (χ4v) is 3.94. The van der Waals surface area contributed by atoms with Gasteiger partial charge in [-0.3, -0.25) is 14.8 Å². The molecule has 0 aliphatic rings. The van der Waals surface area contributed by atoms with Crippen molar-refractivity contribution in [2.24, 2.45) is 0 Å². The summed E-state index contributed by atoms with van der Waals surface area (Å²) in [6.07, 6.45) is 6.11. The van der Waals surface area contributed by atoms with Crippen molar-refractivity contribution in [2.45, 2.75) is 6.42 Å². The summed E-state index contributed by atoms with van der Waals surface area (Å²) in [6, 6.07) is 13.2. The number of fused-ring (bicyclic) bond motifs is 2. The zero-order valence-corrected chi connectivity index (χ0v) is 17.4. The number of nitrogens with zero attached hydrogens (tertiary/aromatic N) is 3. The molecule has 5 rings (SSSR count). The monoisotopic (exact) mass is 436 g/mol. The lowest BCUT2D eigenvalue weighted by molar-refractivity contribution is 0.322. The Morgan fingerprint density at radius 2 is 2.03 bits per heavy atom. The Labute approximate surface area is 182 Å². The summed E-state index contributed by atoms with van der Waals surface area (Å²) in [5.41, 5.74) is 2.15. The summed E-state index contributed by atoms with van der Waals surface area (Å²) < 4.78 is 6.91. The molecule has 8 heteroatoms. The lowest BCUT2D eigenvalue weighted by atomic mass is 10.2. The van der Waals surface area contributed by atoms with Crippen LogP contribution in [-0.2, 0) is 6.42 Å². The highest BCUT2D eigenvalue weighted by molar-refractivity contribution is 7.17. The minimum atomic E-state index is -0.212. The average Bonchev–Trinajstić information content (AvgIpc) is 3.23. The predicted molar refractivity (Wildman–Crippen MR) is 122 cm³/mol. The van der Waals surface area contributed by atoms with Gasteiger partial charge >= 0.3 is 0 Å². The topological polar surface area (TPSA) is 80.8 Å². The van der Waals surface area contributed by atoms with E-state index < -0.39 is 0 Å². The summed E-state index contributed by atoms with van der Waals surface area (Å²) in [4.78, 5) is 28.6. The molecule has 4 aromatic heterocycles. The average molecular weight is 437 g/mol. The summed E-state index contributed by atoms with van der Waals surface area (Å²) in [5, 5.41) is 3.59. The molecule has 30 heavy (non-hydrogen) atoms. The first-order valence-electron chi connectivity index (χ1n) is 9.16. The summed E-state index contributed by atoms with van der Waals surface area (Å²) in [7, 11) is 0. The Morgan fingerprint density at radius 1 is 1.10 bits per heavy atom. The number of thiophene rings is 1. The predicted octanol–water partition coefficient (Wildman–Crippen LogP) is 4.64. The van der Waals surface area contributed by atoms with Gasteiger partial charge in [0.2, 0.25) is 0 Å². The summed E-state index contributed by atoms with van der Waals surface area (Å²) in [5.74, 6) is 1.10. The normalized spacial score (nSPS) is 10.8. The van der Waals surface area contributed by atoms with Crippen molar-refractivity contribution >= 4 is 44.7 Å². The third kappa shape index (κ3) is 4.03. The van der Waals surface area contributed by atoms with Crippen LogP contribution in [0, 0.1) is 0 Å². The highest BCUT2D eigenvalue weighted by atomic mass is 35.5. The van der Waals surface area contributed by atoms with Gasteiger partial charge in [-0.15, -0.1) is 23.7 Å². The van der Waals surface area contributed by atoms with Crippen molar-refractivity contribution in [2.75, 3.05) is 6.61 Å². The van der Waals surface area contributed by atoms with E-state index in [0.717, 1.165) is 22.1 Å². The van der Waals surface area contributed by atoms with Crippen LogP contribution in [0.5, 0.6) is 5.75 Å². The van der Waals surface area contributed by atoms with Crippen LogP contribution in [0.1, 0.15) is 5.56 Å². The van der Waals surface area contributed by atoms with E-state index >= 15 is 0 Å². The zero-order valence-electron chi connectivity index (χ0n) is 15.7. The van der Waals surface area contributed by atoms with Gasteiger partial charge in [-0.2, -0.15) is 0 Å². The molecule has 0 fully saturated rings. The van der Waals surface area contributed by atoms with Gasteiger partial charge in [0.25, 0.3) is 5.56 Å². The van der Waals surface area contributed by atoms with E-state index in [1.165, 1.54) is 0 Å². The van der Waals surface area contributed by atoms with E-state index in [0.29, 0.717) is 34.8 Å². The highest BCUT2D eigenvalue weighted by Crippen LogP contribution is 2.25. The molecule has 1 aromatic carbocycles. The molecule has 0 amide bonds. The number of aromatic amines is 1. The SMILES string of the molecule is Cl.O=c1[nH]c(-c2cc3sccc3cn2)nc2ccc(OCCc3cccnc3)cc12. The Balaban J connectivity index is 0.00000218. The zero-order chi connectivity index (χ0) is 19.6. The first-order valence-corrected chi connectivity index (χ1v) is 10.0. The number of halogens is 1. The number of pyridine rings is 2. The van der Waals surface area contributed by atoms with E-state index in [1.54, 1.807) is 35.9 Å². The van der Waals surface area contributed by atoms with Crippen LogP contribution in [0.2, 0.25) is 0 Å². The number of ether oxygens (including phenoxy) is 1. The Bertz CT molecular complexity index is 1370. The summed E-state index contributed by atoms with van der Waals surface area (Å²) >= 11 is 1.63. The molecule has 4 heterocycles. The minimum absolute atomic E-state index is 0. The van der Waals surface area contributed by atoms with Crippen molar-refractivity contribution < 1.29 is 4.74 Å². The van der Waals surface area contributed by atoms with Gasteiger partial charge in [0.15, 0.2) is 5.82 Å². The van der Waals surface area contributed by atoms with Crippen LogP contribution in [0.15, 0.2) is 71.2 Å². The highest BCUT2D eigenvalue weighted by Gasteiger charge is 2.09. The maximum absolute atomic E-state index is 12.6. The van der Waals surface area contributed by atoms with Gasteiger partial charge in [0, 0.05) is 35.1 Å². The van der Waals surface area contributed by atoms with Gasteiger partial charge in [0.1, 0.15) is 11.4 Å². The van der Waals surface area contributed by atoms with Gasteiger partial charge in [-0.05, 0) is 47.3 Å². The third-order valence-corrected chi connectivity index (χ3v) is 5.52. The Hall–Kier alpha value is -3.29. The number of aromatic nitrogens is 4. The first kappa shape index (κ1) is 20.0. The minimum Gasteiger partial charge on any atom is -0.493 e. The number of hydrogen-bond donors (Lipinski definition) is 1. The molecular formula is C22H17ClN4O2S. The van der Waals surface area contributed by atoms with Crippen LogP contribution in [-0.4, -0.2) is 26.5 Å². The molecule has 0 radical (unpaired) electrons. The van der Waals surface area contributed by atoms with E-state index in [9.17, 15) is 4.79 Å². The molecule has 0 aliphatic carbocycles. The number of rotatable bonds is 5. The second-order valence-corrected chi connectivity index (χ2v) is 7.53. The van der Waals surface area contributed by atoms with Crippen LogP contribution >= 0.6 is 23.7 Å². The maximum atomic E-state index is 12.6. The van der Waals surface area contributed by atoms with E-state index in [1.807, 2.05) is 41.9 Å². The van der Waals surface area contributed by atoms with Gasteiger partial charge in [-0.1, -0.05) is 6.07 Å². The van der Waals surface area contributed by atoms with E-state index in [2.05, 4.69) is 19.9 Å². The molecule has 0 aliphatic heterocycles. The molecule has 0 bridgehead atoms. The first-order chi connectivity index (χ1) is 14.3. The molecule has 150 valence electrons. The smallest absolute Gasteiger partial charge is 0.259 e. The fourth-order valence-electron chi connectivity index (χ4n) is 3.15. The van der Waals surface area contributed by atoms with Gasteiger partial charge < -0.3 is 9.72 Å². The van der Waals surface area contributed by atoms with Crippen molar-refractivity contribution in [3.63, 3.8) is 0 Å².